The lowest BCUT2D eigenvalue weighted by Crippen LogP contribution is -2.59. The van der Waals surface area contributed by atoms with Crippen LogP contribution in [0.5, 0.6) is 5.75 Å². The van der Waals surface area contributed by atoms with Crippen molar-refractivity contribution in [1.82, 2.24) is 0 Å². The third kappa shape index (κ3) is 6.46. The second kappa shape index (κ2) is 14.1. The molecular weight excluding hydrogens is 621 g/mol. The van der Waals surface area contributed by atoms with Crippen LogP contribution in [0.1, 0.15) is 47.8 Å². The number of carbonyl (C=O) groups excluding carboxylic acids is 1. The third-order valence-electron chi connectivity index (χ3n) is 9.41. The number of β-lactam (4-membered cyclic amide) rings is 1. The summed E-state index contributed by atoms with van der Waals surface area (Å²) < 4.78 is 18.9. The van der Waals surface area contributed by atoms with Crippen molar-refractivity contribution in [2.75, 3.05) is 11.5 Å². The van der Waals surface area contributed by atoms with Gasteiger partial charge < -0.3 is 45.4 Å². The van der Waals surface area contributed by atoms with Crippen molar-refractivity contribution in [3.63, 3.8) is 0 Å². The molecule has 10 nitrogen and oxygen atoms in total. The normalized spacial score (nSPS) is 26.9. The highest BCUT2D eigenvalue weighted by Crippen LogP contribution is 2.49. The summed E-state index contributed by atoms with van der Waals surface area (Å²) in [5, 5.41) is 73.6. The van der Waals surface area contributed by atoms with Gasteiger partial charge in [0.2, 0.25) is 5.91 Å². The number of nitrogens with zero attached hydrogens (tertiary/aromatic N) is 1. The smallest absolute Gasteiger partial charge is 0.233 e. The summed E-state index contributed by atoms with van der Waals surface area (Å²) in [5.74, 6) is -1.14. The molecule has 252 valence electrons. The Bertz CT molecular complexity index is 1720. The fraction of sp³-hybridized carbons (Fsp3) is 0.324. The van der Waals surface area contributed by atoms with Gasteiger partial charge in [-0.15, -0.1) is 0 Å². The van der Waals surface area contributed by atoms with Crippen molar-refractivity contribution in [2.45, 2.75) is 61.6 Å². The second-order valence-corrected chi connectivity index (χ2v) is 12.4. The Balaban J connectivity index is 1.25. The minimum Gasteiger partial charge on any atom is -0.508 e. The highest BCUT2D eigenvalue weighted by molar-refractivity contribution is 6.03. The maximum atomic E-state index is 13.5. The van der Waals surface area contributed by atoms with Crippen molar-refractivity contribution in [1.29, 1.82) is 0 Å². The van der Waals surface area contributed by atoms with Crippen LogP contribution < -0.4 is 4.90 Å². The Morgan fingerprint density at radius 1 is 0.792 bits per heavy atom. The van der Waals surface area contributed by atoms with Crippen LogP contribution in [0.3, 0.4) is 0 Å². The van der Waals surface area contributed by atoms with Gasteiger partial charge in [-0.25, -0.2) is 4.39 Å². The predicted molar refractivity (Wildman–Crippen MR) is 173 cm³/mol. The van der Waals surface area contributed by atoms with Gasteiger partial charge in [0.1, 0.15) is 48.2 Å². The maximum Gasteiger partial charge on any atom is 0.233 e. The quantitative estimate of drug-likeness (QED) is 0.126. The summed E-state index contributed by atoms with van der Waals surface area (Å²) in [4.78, 5) is 15.1. The molecule has 11 heteroatoms. The van der Waals surface area contributed by atoms with E-state index in [0.717, 1.165) is 0 Å². The number of amides is 1. The molecule has 4 aromatic carbocycles. The largest absolute Gasteiger partial charge is 0.508 e. The summed E-state index contributed by atoms with van der Waals surface area (Å²) in [6.07, 6.45) is -9.04. The zero-order valence-corrected chi connectivity index (χ0v) is 25.8. The van der Waals surface area contributed by atoms with Gasteiger partial charge in [-0.05, 0) is 71.5 Å². The number of carbonyl (C=O) groups is 1. The first-order chi connectivity index (χ1) is 23.1. The topological polar surface area (TPSA) is 171 Å². The Morgan fingerprint density at radius 3 is 2.19 bits per heavy atom. The molecule has 7 N–H and O–H groups in total. The van der Waals surface area contributed by atoms with Crippen LogP contribution in [0.2, 0.25) is 0 Å². The Morgan fingerprint density at radius 2 is 1.50 bits per heavy atom. The van der Waals surface area contributed by atoms with E-state index in [9.17, 15) is 44.9 Å². The number of aliphatic hydroxyl groups is 6. The Labute approximate surface area is 276 Å². The van der Waals surface area contributed by atoms with Crippen LogP contribution in [0.25, 0.3) is 11.1 Å². The number of hydrogen-bond acceptors (Lipinski definition) is 9. The summed E-state index contributed by atoms with van der Waals surface area (Å²) in [6.45, 7) is -0.621. The molecule has 9 atom stereocenters. The first kappa shape index (κ1) is 33.7. The highest BCUT2D eigenvalue weighted by Gasteiger charge is 2.49. The van der Waals surface area contributed by atoms with Crippen LogP contribution in [0.15, 0.2) is 97.1 Å². The molecule has 2 aliphatic rings. The van der Waals surface area contributed by atoms with Crippen LogP contribution in [0.4, 0.5) is 10.1 Å². The lowest BCUT2D eigenvalue weighted by Gasteiger charge is -2.48. The molecule has 9 unspecified atom stereocenters. The molecule has 2 saturated heterocycles. The van der Waals surface area contributed by atoms with Gasteiger partial charge in [0.05, 0.1) is 24.7 Å². The van der Waals surface area contributed by atoms with Gasteiger partial charge in [0.15, 0.2) is 0 Å². The number of aromatic hydroxyl groups is 1. The average Bonchev–Trinajstić information content (AvgIpc) is 3.10. The van der Waals surface area contributed by atoms with E-state index >= 15 is 0 Å². The molecule has 0 saturated carbocycles. The number of rotatable bonds is 10. The number of phenols is 1. The van der Waals surface area contributed by atoms with E-state index in [1.807, 2.05) is 30.3 Å². The molecule has 0 spiro atoms. The van der Waals surface area contributed by atoms with Crippen molar-refractivity contribution in [2.24, 2.45) is 5.92 Å². The number of ether oxygens (including phenoxy) is 1. The standard InChI is InChI=1S/C37H38FNO9/c38-24-12-9-20(10-13-24)28(41)16-15-27-31(39(37(27)47)25-7-2-1-3-8-25)26-14-11-22(18-29(26)42)21-5-4-6-23(17-21)32(43)36-35(46)34(45)33(44)30(19-40)48-36/h1-14,17-18,27-28,30-36,40-46H,15-16,19H2. The van der Waals surface area contributed by atoms with Gasteiger partial charge in [-0.1, -0.05) is 60.7 Å². The first-order valence-corrected chi connectivity index (χ1v) is 15.8. The summed E-state index contributed by atoms with van der Waals surface area (Å²) in [7, 11) is 0. The van der Waals surface area contributed by atoms with Crippen LogP contribution in [-0.4, -0.2) is 78.8 Å². The van der Waals surface area contributed by atoms with Crippen molar-refractivity contribution < 1.29 is 49.7 Å². The van der Waals surface area contributed by atoms with Crippen LogP contribution in [-0.2, 0) is 9.53 Å². The van der Waals surface area contributed by atoms with Crippen LogP contribution in [0, 0.1) is 11.7 Å². The van der Waals surface area contributed by atoms with E-state index in [-0.39, 0.29) is 18.1 Å². The fourth-order valence-corrected chi connectivity index (χ4v) is 6.71. The summed E-state index contributed by atoms with van der Waals surface area (Å²) in [5.41, 5.74) is 3.27. The lowest BCUT2D eigenvalue weighted by atomic mass is 9.77. The molecule has 0 radical (unpaired) electrons. The van der Waals surface area contributed by atoms with Gasteiger partial charge in [-0.3, -0.25) is 4.79 Å². The van der Waals surface area contributed by atoms with Crippen LogP contribution >= 0.6 is 0 Å². The molecular formula is C37H38FNO9. The predicted octanol–water partition coefficient (Wildman–Crippen LogP) is 3.29. The SMILES string of the molecule is O=C1C(CCC(O)c2ccc(F)cc2)C(c2ccc(-c3cccc(C(O)C4OC(CO)C(O)C(O)C4O)c3)cc2O)N1c1ccccc1. The molecule has 0 aromatic heterocycles. The fourth-order valence-electron chi connectivity index (χ4n) is 6.71. The number of para-hydroxylation sites is 1. The van der Waals surface area contributed by atoms with Gasteiger partial charge in [0, 0.05) is 11.3 Å². The molecule has 2 heterocycles. The molecule has 6 rings (SSSR count). The van der Waals surface area contributed by atoms with E-state index in [0.29, 0.717) is 39.9 Å². The monoisotopic (exact) mass is 659 g/mol. The number of phenolic OH excluding ortho intramolecular Hbond substituents is 1. The Kier molecular flexibility index (Phi) is 9.90. The lowest BCUT2D eigenvalue weighted by molar-refractivity contribution is -0.250. The molecule has 2 aliphatic heterocycles. The zero-order chi connectivity index (χ0) is 34.1. The number of hydrogen-bond donors (Lipinski definition) is 7. The Hall–Kier alpha value is -4.20. The minimum atomic E-state index is -1.63. The number of aliphatic hydroxyl groups excluding tert-OH is 6. The maximum absolute atomic E-state index is 13.5. The van der Waals surface area contributed by atoms with E-state index in [2.05, 4.69) is 0 Å². The molecule has 48 heavy (non-hydrogen) atoms. The highest BCUT2D eigenvalue weighted by atomic mass is 19.1. The molecule has 0 aliphatic carbocycles. The first-order valence-electron chi connectivity index (χ1n) is 15.8. The number of anilines is 1. The van der Waals surface area contributed by atoms with Crippen molar-refractivity contribution in [3.8, 4) is 16.9 Å². The molecule has 2 fully saturated rings. The van der Waals surface area contributed by atoms with Crippen molar-refractivity contribution >= 4 is 11.6 Å². The minimum absolute atomic E-state index is 0.0603. The van der Waals surface area contributed by atoms with E-state index < -0.39 is 67.1 Å². The number of halogens is 1. The molecule has 0 bridgehead atoms. The van der Waals surface area contributed by atoms with E-state index in [4.69, 9.17) is 4.74 Å². The van der Waals surface area contributed by atoms with E-state index in [1.165, 1.54) is 24.3 Å². The third-order valence-corrected chi connectivity index (χ3v) is 9.41. The second-order valence-electron chi connectivity index (χ2n) is 12.4. The van der Waals surface area contributed by atoms with Gasteiger partial charge in [0.25, 0.3) is 0 Å². The van der Waals surface area contributed by atoms with Gasteiger partial charge >= 0.3 is 0 Å². The summed E-state index contributed by atoms with van der Waals surface area (Å²) >= 11 is 0. The summed E-state index contributed by atoms with van der Waals surface area (Å²) in [6, 6.07) is 25.9. The molecule has 1 amide bonds. The van der Waals surface area contributed by atoms with Gasteiger partial charge in [-0.2, -0.15) is 0 Å². The molecule has 4 aromatic rings. The van der Waals surface area contributed by atoms with E-state index in [1.54, 1.807) is 47.4 Å². The average molecular weight is 660 g/mol. The number of benzene rings is 4. The zero-order valence-electron chi connectivity index (χ0n) is 25.8. The van der Waals surface area contributed by atoms with Crippen molar-refractivity contribution in [3.05, 3.63) is 120 Å².